The van der Waals surface area contributed by atoms with Crippen LogP contribution in [0.5, 0.6) is 5.75 Å². The second-order valence-corrected chi connectivity index (χ2v) is 7.01. The molecule has 1 heterocycles. The molecule has 7 nitrogen and oxygen atoms in total. The summed E-state index contributed by atoms with van der Waals surface area (Å²) in [5, 5.41) is -0.175. The van der Waals surface area contributed by atoms with Gasteiger partial charge in [-0.1, -0.05) is 11.6 Å². The topological polar surface area (TPSA) is 104 Å². The first-order valence-corrected chi connectivity index (χ1v) is 8.60. The molecule has 0 bridgehead atoms. The van der Waals surface area contributed by atoms with Crippen LogP contribution >= 0.6 is 11.6 Å². The monoisotopic (exact) mass is 389 g/mol. The zero-order valence-electron chi connectivity index (χ0n) is 12.2. The third-order valence-electron chi connectivity index (χ3n) is 3.20. The van der Waals surface area contributed by atoms with E-state index >= 15 is 0 Å². The van der Waals surface area contributed by atoms with Crippen molar-refractivity contribution in [1.82, 2.24) is 9.97 Å². The Labute approximate surface area is 144 Å². The van der Waals surface area contributed by atoms with E-state index in [4.69, 9.17) is 11.6 Å². The number of halogens is 3. The second-order valence-electron chi connectivity index (χ2n) is 4.92. The highest BCUT2D eigenvalue weighted by Gasteiger charge is 2.17. The van der Waals surface area contributed by atoms with E-state index in [0.29, 0.717) is 11.0 Å². The van der Waals surface area contributed by atoms with Crippen LogP contribution in [0.2, 0.25) is 5.02 Å². The molecule has 1 aromatic heterocycles. The molecule has 0 saturated carbocycles. The zero-order chi connectivity index (χ0) is 18.2. The van der Waals surface area contributed by atoms with Crippen LogP contribution < -0.4 is 15.1 Å². The van der Waals surface area contributed by atoms with Crippen molar-refractivity contribution in [3.63, 3.8) is 0 Å². The van der Waals surface area contributed by atoms with Gasteiger partial charge in [0.15, 0.2) is 0 Å². The standard InChI is InChI=1S/C14H10ClF2N3O4S/c15-9-5-7(1-4-12(9)24-13(16)17)20-25(22,23)8-2-3-10-11(6-8)19-14(21)18-10/h1-6,13,20H,(H2,18,19,21). The lowest BCUT2D eigenvalue weighted by Crippen LogP contribution is -2.13. The average molecular weight is 390 g/mol. The maximum absolute atomic E-state index is 12.4. The van der Waals surface area contributed by atoms with Crippen LogP contribution in [0.4, 0.5) is 14.5 Å². The third-order valence-corrected chi connectivity index (χ3v) is 4.87. The fraction of sp³-hybridized carbons (Fsp3) is 0.0714. The number of H-pyrrole nitrogens is 2. The molecule has 0 fully saturated rings. The third kappa shape index (κ3) is 3.74. The highest BCUT2D eigenvalue weighted by molar-refractivity contribution is 7.92. The van der Waals surface area contributed by atoms with Gasteiger partial charge in [0.05, 0.1) is 26.6 Å². The number of alkyl halides is 2. The largest absolute Gasteiger partial charge is 0.433 e. The van der Waals surface area contributed by atoms with Crippen LogP contribution in [0.3, 0.4) is 0 Å². The van der Waals surface area contributed by atoms with Gasteiger partial charge in [-0.25, -0.2) is 13.2 Å². The molecule has 3 aromatic rings. The molecule has 0 radical (unpaired) electrons. The molecule has 0 aliphatic heterocycles. The number of fused-ring (bicyclic) bond motifs is 1. The van der Waals surface area contributed by atoms with E-state index in [1.165, 1.54) is 24.3 Å². The number of sulfonamides is 1. The molecule has 0 atom stereocenters. The van der Waals surface area contributed by atoms with Crippen molar-refractivity contribution in [3.05, 3.63) is 51.9 Å². The Balaban J connectivity index is 1.89. The first-order chi connectivity index (χ1) is 11.7. The molecule has 25 heavy (non-hydrogen) atoms. The maximum atomic E-state index is 12.4. The maximum Gasteiger partial charge on any atom is 0.387 e. The van der Waals surface area contributed by atoms with Crippen LogP contribution in [0.25, 0.3) is 11.0 Å². The summed E-state index contributed by atoms with van der Waals surface area (Å²) in [5.74, 6) is -0.272. The molecule has 2 aromatic carbocycles. The molecule has 3 N–H and O–H groups in total. The van der Waals surface area contributed by atoms with Crippen molar-refractivity contribution < 1.29 is 21.9 Å². The summed E-state index contributed by atoms with van der Waals surface area (Å²) in [6.07, 6.45) is 0. The first kappa shape index (κ1) is 17.2. The molecule has 3 rings (SSSR count). The van der Waals surface area contributed by atoms with Crippen LogP contribution in [0.1, 0.15) is 0 Å². The summed E-state index contributed by atoms with van der Waals surface area (Å²) in [5.41, 5.74) is 0.389. The smallest absolute Gasteiger partial charge is 0.387 e. The number of anilines is 1. The van der Waals surface area contributed by atoms with E-state index in [-0.39, 0.29) is 21.4 Å². The van der Waals surface area contributed by atoms with Crippen molar-refractivity contribution in [2.75, 3.05) is 4.72 Å². The summed E-state index contributed by atoms with van der Waals surface area (Å²) in [6, 6.07) is 7.54. The van der Waals surface area contributed by atoms with Crippen molar-refractivity contribution in [2.24, 2.45) is 0 Å². The predicted octanol–water partition coefficient (Wildman–Crippen LogP) is 2.91. The summed E-state index contributed by atoms with van der Waals surface area (Å²) < 4.78 is 55.7. The van der Waals surface area contributed by atoms with Crippen molar-refractivity contribution in [2.45, 2.75) is 11.5 Å². The molecule has 132 valence electrons. The summed E-state index contributed by atoms with van der Waals surface area (Å²) in [7, 11) is -3.98. The Hall–Kier alpha value is -2.59. The number of hydrogen-bond donors (Lipinski definition) is 3. The van der Waals surface area contributed by atoms with E-state index < -0.39 is 22.3 Å². The summed E-state index contributed by atoms with van der Waals surface area (Å²) in [4.78, 5) is 16.1. The number of ether oxygens (including phenoxy) is 1. The normalized spacial score (nSPS) is 11.8. The number of hydrogen-bond acceptors (Lipinski definition) is 4. The van der Waals surface area contributed by atoms with Crippen molar-refractivity contribution in [3.8, 4) is 5.75 Å². The molecule has 0 aliphatic carbocycles. The Kier molecular flexibility index (Phi) is 4.39. The lowest BCUT2D eigenvalue weighted by Gasteiger charge is -2.11. The molecule has 0 saturated heterocycles. The van der Waals surface area contributed by atoms with Gasteiger partial charge in [0.2, 0.25) is 0 Å². The van der Waals surface area contributed by atoms with Gasteiger partial charge in [-0.3, -0.25) is 4.72 Å². The lowest BCUT2D eigenvalue weighted by molar-refractivity contribution is -0.0497. The Morgan fingerprint density at radius 1 is 1.08 bits per heavy atom. The van der Waals surface area contributed by atoms with Crippen LogP contribution in [-0.2, 0) is 10.0 Å². The van der Waals surface area contributed by atoms with Crippen molar-refractivity contribution >= 4 is 38.3 Å². The fourth-order valence-corrected chi connectivity index (χ4v) is 3.45. The Bertz CT molecular complexity index is 1090. The SMILES string of the molecule is O=c1[nH]c2ccc(S(=O)(=O)Nc3ccc(OC(F)F)c(Cl)c3)cc2[nH]1. The molecule has 0 aliphatic rings. The lowest BCUT2D eigenvalue weighted by atomic mass is 10.3. The quantitative estimate of drug-likeness (QED) is 0.624. The molecular weight excluding hydrogens is 380 g/mol. The fourth-order valence-electron chi connectivity index (χ4n) is 2.15. The number of benzene rings is 2. The number of aromatic amines is 2. The van der Waals surface area contributed by atoms with Gasteiger partial charge in [0, 0.05) is 0 Å². The number of imidazole rings is 1. The van der Waals surface area contributed by atoms with E-state index in [1.54, 1.807) is 0 Å². The van der Waals surface area contributed by atoms with E-state index in [2.05, 4.69) is 19.4 Å². The molecule has 0 spiro atoms. The van der Waals surface area contributed by atoms with Crippen LogP contribution in [0.15, 0.2) is 46.1 Å². The van der Waals surface area contributed by atoms with E-state index in [1.807, 2.05) is 0 Å². The molecular formula is C14H10ClF2N3O4S. The highest BCUT2D eigenvalue weighted by Crippen LogP contribution is 2.30. The Morgan fingerprint density at radius 2 is 1.80 bits per heavy atom. The van der Waals surface area contributed by atoms with E-state index in [0.717, 1.165) is 12.1 Å². The average Bonchev–Trinajstić information content (AvgIpc) is 2.88. The second kappa shape index (κ2) is 6.37. The Morgan fingerprint density at radius 3 is 2.48 bits per heavy atom. The van der Waals surface area contributed by atoms with Gasteiger partial charge in [0.25, 0.3) is 10.0 Å². The summed E-state index contributed by atoms with van der Waals surface area (Å²) in [6.45, 7) is -3.05. The zero-order valence-corrected chi connectivity index (χ0v) is 13.8. The molecule has 0 amide bonds. The molecule has 11 heteroatoms. The minimum Gasteiger partial charge on any atom is -0.433 e. The number of nitrogens with one attached hydrogen (secondary N) is 3. The van der Waals surface area contributed by atoms with Gasteiger partial charge >= 0.3 is 12.3 Å². The first-order valence-electron chi connectivity index (χ1n) is 6.74. The highest BCUT2D eigenvalue weighted by atomic mass is 35.5. The van der Waals surface area contributed by atoms with Crippen molar-refractivity contribution in [1.29, 1.82) is 0 Å². The summed E-state index contributed by atoms with van der Waals surface area (Å²) >= 11 is 5.79. The van der Waals surface area contributed by atoms with Gasteiger partial charge in [-0.2, -0.15) is 8.78 Å². The minimum absolute atomic E-state index is 0.0641. The van der Waals surface area contributed by atoms with Gasteiger partial charge in [0.1, 0.15) is 5.75 Å². The number of aromatic nitrogens is 2. The molecule has 0 unspecified atom stereocenters. The minimum atomic E-state index is -3.98. The van der Waals surface area contributed by atoms with Gasteiger partial charge in [-0.05, 0) is 36.4 Å². The van der Waals surface area contributed by atoms with Crippen LogP contribution in [0, 0.1) is 0 Å². The van der Waals surface area contributed by atoms with Gasteiger partial charge in [-0.15, -0.1) is 0 Å². The van der Waals surface area contributed by atoms with Crippen LogP contribution in [-0.4, -0.2) is 25.0 Å². The number of rotatable bonds is 5. The van der Waals surface area contributed by atoms with Gasteiger partial charge < -0.3 is 14.7 Å². The predicted molar refractivity (Wildman–Crippen MR) is 87.8 cm³/mol. The van der Waals surface area contributed by atoms with E-state index in [9.17, 15) is 22.0 Å².